The van der Waals surface area contributed by atoms with Gasteiger partial charge in [0.25, 0.3) is 5.91 Å². The zero-order chi connectivity index (χ0) is 44.5. The van der Waals surface area contributed by atoms with E-state index in [1.165, 1.54) is 34.3 Å². The Morgan fingerprint density at radius 2 is 1.61 bits per heavy atom. The monoisotopic (exact) mass is 844 g/mol. The van der Waals surface area contributed by atoms with Crippen molar-refractivity contribution >= 4 is 35.0 Å². The van der Waals surface area contributed by atoms with E-state index in [4.69, 9.17) is 23.7 Å². The molecule has 0 radical (unpaired) electrons. The van der Waals surface area contributed by atoms with Crippen LogP contribution >= 0.6 is 0 Å². The molecule has 1 fully saturated rings. The minimum Gasteiger partial charge on any atom is -0.507 e. The van der Waals surface area contributed by atoms with Gasteiger partial charge in [-0.1, -0.05) is 36.4 Å². The van der Waals surface area contributed by atoms with Crippen LogP contribution in [0.3, 0.4) is 0 Å². The standard InChI is InChI=1S/C43H44N2O16/c1-18-12-21-13-26(47)43(59-6)39(54)30-23(14-22-29(33(30)50)25(46)15-24(32(22)49)44-40-37(58-5)35(52)36(57-4)19(2)61-40)38(53)42(43,56)31(21)34(51)28(18)41(55)45(3)16-27(48)60-17-20-10-8-7-9-11-20/h7-12,14-15,19,26,35-37,40,44,47,50-52,56H,13,16-17H2,1-6H3/t19-,26+,35+,36-,37+,40?,42-,43+/m0/s1. The van der Waals surface area contributed by atoms with Crippen molar-refractivity contribution in [1.29, 1.82) is 0 Å². The molecule has 0 aromatic heterocycles. The van der Waals surface area contributed by atoms with Crippen LogP contribution in [0, 0.1) is 6.92 Å². The fourth-order valence-corrected chi connectivity index (χ4v) is 9.00. The molecule has 322 valence electrons. The summed E-state index contributed by atoms with van der Waals surface area (Å²) in [5, 5.41) is 61.7. The van der Waals surface area contributed by atoms with E-state index in [2.05, 4.69) is 5.32 Å². The Morgan fingerprint density at radius 1 is 0.934 bits per heavy atom. The number of benzene rings is 3. The second kappa shape index (κ2) is 15.9. The molecule has 1 unspecified atom stereocenters. The van der Waals surface area contributed by atoms with E-state index in [-0.39, 0.29) is 17.7 Å². The number of ether oxygens (including phenoxy) is 5. The maximum absolute atomic E-state index is 14.9. The number of likely N-dealkylation sites (N-methyl/N-ethyl adjacent to an activating group) is 1. The topological polar surface area (TPSA) is 265 Å². The lowest BCUT2D eigenvalue weighted by Gasteiger charge is -2.53. The summed E-state index contributed by atoms with van der Waals surface area (Å²) in [4.78, 5) is 85.1. The Hall–Kier alpha value is -5.86. The number of esters is 1. The molecular weight excluding hydrogens is 800 g/mol. The van der Waals surface area contributed by atoms with Crippen LogP contribution in [0.2, 0.25) is 0 Å². The van der Waals surface area contributed by atoms with Gasteiger partial charge in [-0.2, -0.15) is 0 Å². The van der Waals surface area contributed by atoms with Crippen LogP contribution in [0.1, 0.15) is 81.0 Å². The Balaban J connectivity index is 1.28. The first kappa shape index (κ1) is 43.2. The molecule has 3 aromatic rings. The fourth-order valence-electron chi connectivity index (χ4n) is 9.00. The largest absolute Gasteiger partial charge is 0.507 e. The van der Waals surface area contributed by atoms with Gasteiger partial charge in [0.15, 0.2) is 23.2 Å². The molecular formula is C43H44N2O16. The summed E-state index contributed by atoms with van der Waals surface area (Å²) in [5.74, 6) is -8.60. The number of allylic oxidation sites excluding steroid dienone is 2. The van der Waals surface area contributed by atoms with Crippen molar-refractivity contribution in [3.63, 3.8) is 0 Å². The van der Waals surface area contributed by atoms with Gasteiger partial charge in [0.2, 0.25) is 17.3 Å². The third-order valence-electron chi connectivity index (χ3n) is 11.9. The Morgan fingerprint density at radius 3 is 2.25 bits per heavy atom. The number of nitrogens with zero attached hydrogens (tertiary/aromatic N) is 1. The molecule has 1 amide bonds. The molecule has 18 heteroatoms. The molecule has 0 spiro atoms. The number of amides is 1. The summed E-state index contributed by atoms with van der Waals surface area (Å²) < 4.78 is 27.5. The maximum Gasteiger partial charge on any atom is 0.325 e. The first-order valence-corrected chi connectivity index (χ1v) is 19.1. The molecule has 4 aliphatic rings. The van der Waals surface area contributed by atoms with Gasteiger partial charge in [-0.15, -0.1) is 0 Å². The minimum absolute atomic E-state index is 0.0566. The SMILES string of the molecule is CO[C@@H]1[C@@H](O)[C@@H](OC)C(NC2=CC(=O)c3c(cc4c(c3O)C(=O)[C@]3(OC)[C@H](O)Cc5cc(C)c(C(=O)N(C)CC(=O)OCc6ccccc6)c(O)c5[C@]3(O)C4=O)C2=O)O[C@H]1C. The van der Waals surface area contributed by atoms with E-state index in [1.54, 1.807) is 37.3 Å². The number of carbonyl (C=O) groups excluding carboxylic acids is 6. The fraction of sp³-hybridized carbons (Fsp3) is 0.395. The van der Waals surface area contributed by atoms with Crippen LogP contribution in [-0.2, 0) is 47.1 Å². The molecule has 18 nitrogen and oxygen atoms in total. The number of methoxy groups -OCH3 is 3. The molecule has 0 saturated carbocycles. The molecule has 3 aliphatic carbocycles. The molecule has 1 saturated heterocycles. The van der Waals surface area contributed by atoms with Crippen molar-refractivity contribution in [2.75, 3.05) is 34.9 Å². The number of phenols is 2. The summed E-state index contributed by atoms with van der Waals surface area (Å²) in [6.45, 7) is 2.38. The van der Waals surface area contributed by atoms with E-state index in [0.29, 0.717) is 5.56 Å². The molecule has 1 heterocycles. The molecule has 1 aliphatic heterocycles. The Bertz CT molecular complexity index is 2410. The molecule has 6 N–H and O–H groups in total. The quantitative estimate of drug-likeness (QED) is 0.154. The van der Waals surface area contributed by atoms with Gasteiger partial charge in [-0.3, -0.25) is 28.8 Å². The van der Waals surface area contributed by atoms with Gasteiger partial charge in [0.1, 0.15) is 43.0 Å². The van der Waals surface area contributed by atoms with E-state index >= 15 is 0 Å². The normalized spacial score (nSPS) is 27.9. The lowest BCUT2D eigenvalue weighted by atomic mass is 9.56. The highest BCUT2D eigenvalue weighted by Crippen LogP contribution is 2.56. The first-order chi connectivity index (χ1) is 28.9. The number of hydrogen-bond acceptors (Lipinski definition) is 17. The van der Waals surface area contributed by atoms with Crippen LogP contribution < -0.4 is 5.32 Å². The predicted octanol–water partition coefficient (Wildman–Crippen LogP) is 0.779. The number of nitrogens with one attached hydrogen (secondary N) is 1. The number of aryl methyl sites for hydroxylation is 1. The van der Waals surface area contributed by atoms with Gasteiger partial charge in [0, 0.05) is 57.6 Å². The van der Waals surface area contributed by atoms with Crippen LogP contribution in [0.25, 0.3) is 0 Å². The zero-order valence-corrected chi connectivity index (χ0v) is 33.9. The van der Waals surface area contributed by atoms with Gasteiger partial charge >= 0.3 is 5.97 Å². The summed E-state index contributed by atoms with van der Waals surface area (Å²) >= 11 is 0. The lowest BCUT2D eigenvalue weighted by molar-refractivity contribution is -0.236. The highest BCUT2D eigenvalue weighted by molar-refractivity contribution is 6.31. The van der Waals surface area contributed by atoms with Gasteiger partial charge in [-0.25, -0.2) is 0 Å². The van der Waals surface area contributed by atoms with E-state index < -0.39 is 147 Å². The summed E-state index contributed by atoms with van der Waals surface area (Å²) in [6.07, 6.45) is -6.82. The van der Waals surface area contributed by atoms with Crippen molar-refractivity contribution < 1.29 is 78.0 Å². The van der Waals surface area contributed by atoms with E-state index in [9.17, 15) is 54.3 Å². The number of aromatic hydroxyl groups is 2. The number of Topliss-reactive ketones (excluding diaryl/α,β-unsaturated/α-hetero) is 3. The average Bonchev–Trinajstić information content (AvgIpc) is 3.21. The van der Waals surface area contributed by atoms with Crippen LogP contribution in [-0.4, -0.2) is 143 Å². The van der Waals surface area contributed by atoms with Crippen LogP contribution in [0.4, 0.5) is 0 Å². The summed E-state index contributed by atoms with van der Waals surface area (Å²) in [6, 6.07) is 10.9. The molecule has 61 heavy (non-hydrogen) atoms. The Kier molecular flexibility index (Phi) is 11.3. The van der Waals surface area contributed by atoms with E-state index in [0.717, 1.165) is 24.2 Å². The maximum atomic E-state index is 14.9. The highest BCUT2D eigenvalue weighted by Gasteiger charge is 2.72. The molecule has 7 rings (SSSR count). The number of phenolic OH excluding ortho intramolecular Hbond substituents is 2. The first-order valence-electron chi connectivity index (χ1n) is 19.1. The minimum atomic E-state index is -3.33. The van der Waals surface area contributed by atoms with Gasteiger partial charge in [-0.05, 0) is 36.6 Å². The summed E-state index contributed by atoms with van der Waals surface area (Å²) in [5.41, 5.74) is -9.98. The second-order valence-electron chi connectivity index (χ2n) is 15.4. The molecule has 0 bridgehead atoms. The number of aliphatic hydroxyl groups excluding tert-OH is 2. The van der Waals surface area contributed by atoms with E-state index in [1.807, 2.05) is 0 Å². The van der Waals surface area contributed by atoms with Crippen molar-refractivity contribution in [1.82, 2.24) is 10.2 Å². The zero-order valence-electron chi connectivity index (χ0n) is 33.9. The van der Waals surface area contributed by atoms with Crippen LogP contribution in [0.5, 0.6) is 11.5 Å². The van der Waals surface area contributed by atoms with Gasteiger partial charge < -0.3 is 59.4 Å². The van der Waals surface area contributed by atoms with Crippen molar-refractivity contribution in [3.8, 4) is 11.5 Å². The van der Waals surface area contributed by atoms with Crippen molar-refractivity contribution in [2.24, 2.45) is 0 Å². The number of rotatable bonds is 10. The number of ketones is 4. The highest BCUT2D eigenvalue weighted by atomic mass is 16.6. The number of fused-ring (bicyclic) bond motifs is 5. The second-order valence-corrected chi connectivity index (χ2v) is 15.4. The number of hydrogen-bond donors (Lipinski definition) is 6. The van der Waals surface area contributed by atoms with Crippen molar-refractivity contribution in [2.45, 2.75) is 74.8 Å². The summed E-state index contributed by atoms with van der Waals surface area (Å²) in [7, 11) is 4.80. The smallest absolute Gasteiger partial charge is 0.325 e. The van der Waals surface area contributed by atoms with Crippen molar-refractivity contribution in [3.05, 3.63) is 104 Å². The third kappa shape index (κ3) is 6.44. The Labute approximate surface area is 348 Å². The van der Waals surface area contributed by atoms with Gasteiger partial charge in [0.05, 0.1) is 34.6 Å². The lowest BCUT2D eigenvalue weighted by Crippen LogP contribution is -2.73. The predicted molar refractivity (Wildman–Crippen MR) is 208 cm³/mol. The van der Waals surface area contributed by atoms with Crippen LogP contribution in [0.15, 0.2) is 54.2 Å². The molecule has 8 atom stereocenters. The third-order valence-corrected chi connectivity index (χ3v) is 11.9. The number of aliphatic hydroxyl groups is 3. The number of carbonyl (C=O) groups is 6. The average molecular weight is 845 g/mol. The molecule has 3 aromatic carbocycles.